The Labute approximate surface area is 154 Å². The van der Waals surface area contributed by atoms with Crippen LogP contribution in [0, 0.1) is 6.92 Å². The maximum absolute atomic E-state index is 4.76. The average molecular weight is 360 g/mol. The fourth-order valence-corrected chi connectivity index (χ4v) is 5.02. The van der Waals surface area contributed by atoms with Crippen molar-refractivity contribution in [3.63, 3.8) is 0 Å². The quantitative estimate of drug-likeness (QED) is 0.761. The Kier molecular flexibility index (Phi) is 4.77. The summed E-state index contributed by atoms with van der Waals surface area (Å²) >= 11 is 1.73. The summed E-state index contributed by atoms with van der Waals surface area (Å²) in [5.41, 5.74) is 2.42. The smallest absolute Gasteiger partial charge is 0.223 e. The highest BCUT2D eigenvalue weighted by molar-refractivity contribution is 7.19. The van der Waals surface area contributed by atoms with E-state index in [0.29, 0.717) is 12.0 Å². The molecule has 0 atom stereocenters. The topological polar surface area (TPSA) is 61.9 Å². The maximum atomic E-state index is 4.76. The predicted molar refractivity (Wildman–Crippen MR) is 108 cm³/mol. The zero-order chi connectivity index (χ0) is 18.2. The Morgan fingerprint density at radius 1 is 1.20 bits per heavy atom. The molecule has 5 nitrogen and oxygen atoms in total. The van der Waals surface area contributed by atoms with Crippen LogP contribution in [0.25, 0.3) is 10.6 Å². The molecule has 3 rings (SSSR count). The van der Waals surface area contributed by atoms with Crippen molar-refractivity contribution in [3.8, 4) is 10.6 Å². The van der Waals surface area contributed by atoms with Crippen LogP contribution in [0.15, 0.2) is 18.3 Å². The summed E-state index contributed by atoms with van der Waals surface area (Å²) in [4.78, 5) is 10.4. The molecule has 0 spiro atoms. The zero-order valence-corrected chi connectivity index (χ0v) is 16.8. The monoisotopic (exact) mass is 359 g/mol. The minimum Gasteiger partial charge on any atom is -0.380 e. The number of aromatic nitrogens is 2. The van der Waals surface area contributed by atoms with Crippen molar-refractivity contribution >= 4 is 22.3 Å². The summed E-state index contributed by atoms with van der Waals surface area (Å²) in [6.45, 7) is 11.1. The van der Waals surface area contributed by atoms with Crippen molar-refractivity contribution in [1.82, 2.24) is 15.3 Å². The molecular formula is C19H29N5S. The second-order valence-electron chi connectivity index (χ2n) is 8.28. The molecule has 0 bridgehead atoms. The Morgan fingerprint density at radius 3 is 2.48 bits per heavy atom. The second-order valence-corrected chi connectivity index (χ2v) is 9.33. The summed E-state index contributed by atoms with van der Waals surface area (Å²) < 4.78 is 0. The van der Waals surface area contributed by atoms with Gasteiger partial charge < -0.3 is 16.0 Å². The number of rotatable bonds is 4. The van der Waals surface area contributed by atoms with Gasteiger partial charge in [0.2, 0.25) is 5.95 Å². The number of nitrogens with zero attached hydrogens (tertiary/aromatic N) is 2. The normalized spacial score (nSPS) is 19.6. The van der Waals surface area contributed by atoms with Crippen LogP contribution in [0.3, 0.4) is 0 Å². The van der Waals surface area contributed by atoms with E-state index in [1.54, 1.807) is 11.3 Å². The Hall–Kier alpha value is -1.66. The first-order valence-electron chi connectivity index (χ1n) is 8.85. The number of nitrogens with one attached hydrogen (secondary N) is 3. The molecule has 0 aromatic carbocycles. The highest BCUT2D eigenvalue weighted by Crippen LogP contribution is 2.34. The molecule has 6 heteroatoms. The van der Waals surface area contributed by atoms with Crippen molar-refractivity contribution in [2.24, 2.45) is 0 Å². The van der Waals surface area contributed by atoms with Crippen LogP contribution < -0.4 is 16.0 Å². The summed E-state index contributed by atoms with van der Waals surface area (Å²) in [6, 6.07) is 4.52. The van der Waals surface area contributed by atoms with E-state index in [1.165, 1.54) is 15.4 Å². The number of aryl methyl sites for hydroxylation is 1. The third kappa shape index (κ3) is 4.30. The molecule has 25 heavy (non-hydrogen) atoms. The van der Waals surface area contributed by atoms with E-state index in [1.807, 2.05) is 19.3 Å². The van der Waals surface area contributed by atoms with Gasteiger partial charge in [-0.1, -0.05) is 0 Å². The van der Waals surface area contributed by atoms with Crippen molar-refractivity contribution in [1.29, 1.82) is 0 Å². The number of piperidine rings is 1. The lowest BCUT2D eigenvalue weighted by Crippen LogP contribution is -2.60. The Morgan fingerprint density at radius 2 is 1.88 bits per heavy atom. The Balaban J connectivity index is 1.80. The minimum atomic E-state index is 0.101. The molecule has 1 aliphatic rings. The average Bonchev–Trinajstić information content (AvgIpc) is 2.85. The SMILES string of the molecule is CNc1sc(-c2ccnc(NC3CC(C)(C)NC(C)(C)C3)n2)cc1C. The molecule has 0 aliphatic carbocycles. The van der Waals surface area contributed by atoms with Gasteiger partial charge >= 0.3 is 0 Å². The highest BCUT2D eigenvalue weighted by atomic mass is 32.1. The standard InChI is InChI=1S/C19H29N5S/c1-12-9-15(25-16(12)20-6)14-7-8-21-17(23-14)22-13-10-18(2,3)24-19(4,5)11-13/h7-9,13,20,24H,10-11H2,1-6H3,(H,21,22,23). The first kappa shape index (κ1) is 18.1. The lowest BCUT2D eigenvalue weighted by atomic mass is 9.80. The van der Waals surface area contributed by atoms with Gasteiger partial charge in [0.15, 0.2) is 0 Å². The molecular weight excluding hydrogens is 330 g/mol. The molecule has 0 amide bonds. The predicted octanol–water partition coefficient (Wildman–Crippen LogP) is 4.28. The second kappa shape index (κ2) is 6.57. The van der Waals surface area contributed by atoms with Gasteiger partial charge in [0.1, 0.15) is 0 Å². The third-order valence-electron chi connectivity index (χ3n) is 4.58. The molecule has 3 N–H and O–H groups in total. The molecule has 1 fully saturated rings. The van der Waals surface area contributed by atoms with Gasteiger partial charge in [0, 0.05) is 30.4 Å². The van der Waals surface area contributed by atoms with Gasteiger partial charge in [-0.3, -0.25) is 0 Å². The van der Waals surface area contributed by atoms with E-state index < -0.39 is 0 Å². The molecule has 136 valence electrons. The largest absolute Gasteiger partial charge is 0.380 e. The molecule has 2 aromatic heterocycles. The summed E-state index contributed by atoms with van der Waals surface area (Å²) in [5, 5.41) is 11.7. The summed E-state index contributed by atoms with van der Waals surface area (Å²) in [7, 11) is 1.95. The lowest BCUT2D eigenvalue weighted by Gasteiger charge is -2.46. The van der Waals surface area contributed by atoms with Gasteiger partial charge in [-0.15, -0.1) is 11.3 Å². The van der Waals surface area contributed by atoms with Crippen LogP contribution in [-0.4, -0.2) is 34.1 Å². The molecule has 0 radical (unpaired) electrons. The van der Waals surface area contributed by atoms with Gasteiger partial charge in [-0.05, 0) is 65.2 Å². The van der Waals surface area contributed by atoms with Gasteiger partial charge in [0.05, 0.1) is 15.6 Å². The number of thiophene rings is 1. The van der Waals surface area contributed by atoms with Gasteiger partial charge in [0.25, 0.3) is 0 Å². The van der Waals surface area contributed by atoms with Crippen LogP contribution in [-0.2, 0) is 0 Å². The molecule has 1 saturated heterocycles. The van der Waals surface area contributed by atoms with Crippen LogP contribution in [0.1, 0.15) is 46.1 Å². The summed E-state index contributed by atoms with van der Waals surface area (Å²) in [5.74, 6) is 0.716. The molecule has 3 heterocycles. The maximum Gasteiger partial charge on any atom is 0.223 e. The molecule has 0 unspecified atom stereocenters. The van der Waals surface area contributed by atoms with Gasteiger partial charge in [-0.25, -0.2) is 9.97 Å². The van der Waals surface area contributed by atoms with Crippen LogP contribution in [0.2, 0.25) is 0 Å². The first-order chi connectivity index (χ1) is 11.7. The minimum absolute atomic E-state index is 0.101. The van der Waals surface area contributed by atoms with E-state index >= 15 is 0 Å². The van der Waals surface area contributed by atoms with Crippen molar-refractivity contribution < 1.29 is 0 Å². The molecule has 0 saturated carbocycles. The Bertz CT molecular complexity index is 734. The fourth-order valence-electron chi connectivity index (χ4n) is 4.03. The first-order valence-corrected chi connectivity index (χ1v) is 9.67. The van der Waals surface area contributed by atoms with Crippen LogP contribution >= 0.6 is 11.3 Å². The van der Waals surface area contributed by atoms with E-state index in [0.717, 1.165) is 18.5 Å². The van der Waals surface area contributed by atoms with E-state index in [9.17, 15) is 0 Å². The van der Waals surface area contributed by atoms with Crippen molar-refractivity contribution in [2.75, 3.05) is 17.7 Å². The number of hydrogen-bond donors (Lipinski definition) is 3. The molecule has 2 aromatic rings. The lowest BCUT2D eigenvalue weighted by molar-refractivity contribution is 0.170. The summed E-state index contributed by atoms with van der Waals surface area (Å²) in [6.07, 6.45) is 3.94. The third-order valence-corrected chi connectivity index (χ3v) is 5.85. The fraction of sp³-hybridized carbons (Fsp3) is 0.579. The van der Waals surface area contributed by atoms with Crippen LogP contribution in [0.4, 0.5) is 10.9 Å². The highest BCUT2D eigenvalue weighted by Gasteiger charge is 2.37. The van der Waals surface area contributed by atoms with Crippen LogP contribution in [0.5, 0.6) is 0 Å². The number of anilines is 2. The van der Waals surface area contributed by atoms with E-state index in [2.05, 4.69) is 61.6 Å². The van der Waals surface area contributed by atoms with Gasteiger partial charge in [-0.2, -0.15) is 0 Å². The zero-order valence-electron chi connectivity index (χ0n) is 16.0. The van der Waals surface area contributed by atoms with Crippen molar-refractivity contribution in [3.05, 3.63) is 23.9 Å². The van der Waals surface area contributed by atoms with E-state index in [-0.39, 0.29) is 11.1 Å². The molecule has 1 aliphatic heterocycles. The number of hydrogen-bond acceptors (Lipinski definition) is 6. The van der Waals surface area contributed by atoms with Crippen molar-refractivity contribution in [2.45, 2.75) is 64.6 Å². The van der Waals surface area contributed by atoms with E-state index in [4.69, 9.17) is 4.98 Å².